The number of rotatable bonds is 3. The Morgan fingerprint density at radius 1 is 1.33 bits per heavy atom. The van der Waals surface area contributed by atoms with E-state index in [-0.39, 0.29) is 5.91 Å². The van der Waals surface area contributed by atoms with E-state index in [2.05, 4.69) is 30.4 Å². The molecule has 15 heavy (non-hydrogen) atoms. The average molecular weight is 207 g/mol. The Morgan fingerprint density at radius 3 is 2.53 bits per heavy atom. The Bertz CT molecular complexity index is 294. The molecule has 2 heteroatoms. The molecule has 1 amide bonds. The maximum Gasteiger partial charge on any atom is 0.220 e. The second-order valence-corrected chi connectivity index (χ2v) is 3.16. The van der Waals surface area contributed by atoms with Gasteiger partial charge in [-0.3, -0.25) is 4.79 Å². The van der Waals surface area contributed by atoms with Crippen LogP contribution in [0.5, 0.6) is 0 Å². The number of hydrogen-bond acceptors (Lipinski definition) is 1. The molecule has 1 N–H and O–H groups in total. The number of nitrogens with one attached hydrogen (secondary N) is 1. The van der Waals surface area contributed by atoms with Crippen LogP contribution in [0.15, 0.2) is 24.3 Å². The van der Waals surface area contributed by atoms with Crippen LogP contribution >= 0.6 is 0 Å². The van der Waals surface area contributed by atoms with Gasteiger partial charge in [0.1, 0.15) is 0 Å². The van der Waals surface area contributed by atoms with Gasteiger partial charge in [0.25, 0.3) is 0 Å². The molecule has 1 aromatic carbocycles. The lowest BCUT2D eigenvalue weighted by molar-refractivity contribution is -0.120. The van der Waals surface area contributed by atoms with E-state index in [1.54, 1.807) is 7.05 Å². The van der Waals surface area contributed by atoms with Gasteiger partial charge < -0.3 is 5.32 Å². The maximum atomic E-state index is 11.0. The van der Waals surface area contributed by atoms with Crippen LogP contribution in [0.3, 0.4) is 0 Å². The summed E-state index contributed by atoms with van der Waals surface area (Å²) in [6.45, 7) is 6.06. The topological polar surface area (TPSA) is 29.1 Å². The standard InChI is InChI=1S/C11H15NO.C2H6/c1-9-4-3-5-10(8-9)6-7-11(13)12-2;1-2/h3-5,8H,6-7H2,1-2H3,(H,12,13);1-2H3. The molecule has 0 spiro atoms. The van der Waals surface area contributed by atoms with E-state index in [0.717, 1.165) is 6.42 Å². The molecule has 1 rings (SSSR count). The highest BCUT2D eigenvalue weighted by atomic mass is 16.1. The maximum absolute atomic E-state index is 11.0. The van der Waals surface area contributed by atoms with Gasteiger partial charge in [0.15, 0.2) is 0 Å². The van der Waals surface area contributed by atoms with E-state index in [1.165, 1.54) is 11.1 Å². The number of carbonyl (C=O) groups excluding carboxylic acids is 1. The van der Waals surface area contributed by atoms with Gasteiger partial charge in [-0.05, 0) is 18.9 Å². The molecule has 0 atom stereocenters. The van der Waals surface area contributed by atoms with Gasteiger partial charge in [-0.2, -0.15) is 0 Å². The van der Waals surface area contributed by atoms with Crippen molar-refractivity contribution in [3.05, 3.63) is 35.4 Å². The minimum atomic E-state index is 0.0986. The molecular weight excluding hydrogens is 186 g/mol. The third-order valence-electron chi connectivity index (χ3n) is 2.00. The van der Waals surface area contributed by atoms with Crippen LogP contribution in [-0.2, 0) is 11.2 Å². The van der Waals surface area contributed by atoms with Gasteiger partial charge in [0, 0.05) is 13.5 Å². The Morgan fingerprint density at radius 2 is 2.00 bits per heavy atom. The second-order valence-electron chi connectivity index (χ2n) is 3.16. The first-order valence-corrected chi connectivity index (χ1v) is 5.48. The Hall–Kier alpha value is -1.31. The zero-order valence-electron chi connectivity index (χ0n) is 10.1. The summed E-state index contributed by atoms with van der Waals surface area (Å²) in [6.07, 6.45) is 1.39. The van der Waals surface area contributed by atoms with Crippen molar-refractivity contribution in [2.24, 2.45) is 0 Å². The molecule has 0 bridgehead atoms. The first kappa shape index (κ1) is 13.7. The molecule has 0 aliphatic rings. The number of aryl methyl sites for hydroxylation is 2. The highest BCUT2D eigenvalue weighted by molar-refractivity contribution is 5.75. The Labute approximate surface area is 92.7 Å². The zero-order chi connectivity index (χ0) is 11.7. The van der Waals surface area contributed by atoms with E-state index in [9.17, 15) is 4.79 Å². The van der Waals surface area contributed by atoms with Crippen molar-refractivity contribution in [3.8, 4) is 0 Å². The average Bonchev–Trinajstić information content (AvgIpc) is 2.29. The first-order valence-electron chi connectivity index (χ1n) is 5.48. The van der Waals surface area contributed by atoms with Crippen molar-refractivity contribution in [1.29, 1.82) is 0 Å². The smallest absolute Gasteiger partial charge is 0.220 e. The molecule has 0 saturated carbocycles. The monoisotopic (exact) mass is 207 g/mol. The molecule has 0 unspecified atom stereocenters. The van der Waals surface area contributed by atoms with Crippen LogP contribution in [0.25, 0.3) is 0 Å². The normalized spacial score (nSPS) is 8.80. The second kappa shape index (κ2) is 8.04. The van der Waals surface area contributed by atoms with Gasteiger partial charge in [-0.1, -0.05) is 43.7 Å². The van der Waals surface area contributed by atoms with Crippen molar-refractivity contribution in [2.45, 2.75) is 33.6 Å². The molecule has 2 nitrogen and oxygen atoms in total. The molecule has 0 heterocycles. The molecule has 0 saturated heterocycles. The van der Waals surface area contributed by atoms with Crippen LogP contribution in [0.2, 0.25) is 0 Å². The highest BCUT2D eigenvalue weighted by Crippen LogP contribution is 2.06. The SMILES string of the molecule is CC.CNC(=O)CCc1cccc(C)c1. The van der Waals surface area contributed by atoms with Gasteiger partial charge in [0.05, 0.1) is 0 Å². The molecule has 84 valence electrons. The summed E-state index contributed by atoms with van der Waals surface area (Å²) in [7, 11) is 1.67. The summed E-state index contributed by atoms with van der Waals surface area (Å²) >= 11 is 0. The van der Waals surface area contributed by atoms with Gasteiger partial charge in [-0.15, -0.1) is 0 Å². The largest absolute Gasteiger partial charge is 0.359 e. The van der Waals surface area contributed by atoms with E-state index in [0.29, 0.717) is 6.42 Å². The number of hydrogen-bond donors (Lipinski definition) is 1. The minimum Gasteiger partial charge on any atom is -0.359 e. The summed E-state index contributed by atoms with van der Waals surface area (Å²) in [4.78, 5) is 11.0. The Kier molecular flexibility index (Phi) is 7.33. The minimum absolute atomic E-state index is 0.0986. The third kappa shape index (κ3) is 5.89. The lowest BCUT2D eigenvalue weighted by atomic mass is 10.1. The molecule has 0 fully saturated rings. The van der Waals surface area contributed by atoms with Crippen molar-refractivity contribution in [3.63, 3.8) is 0 Å². The lowest BCUT2D eigenvalue weighted by Crippen LogP contribution is -2.17. The van der Waals surface area contributed by atoms with Gasteiger partial charge in [-0.25, -0.2) is 0 Å². The van der Waals surface area contributed by atoms with Gasteiger partial charge in [0.2, 0.25) is 5.91 Å². The Balaban J connectivity index is 0.000000921. The highest BCUT2D eigenvalue weighted by Gasteiger charge is 1.98. The van der Waals surface area contributed by atoms with Crippen molar-refractivity contribution >= 4 is 5.91 Å². The first-order chi connectivity index (χ1) is 7.22. The van der Waals surface area contributed by atoms with Crippen molar-refractivity contribution in [1.82, 2.24) is 5.32 Å². The van der Waals surface area contributed by atoms with Crippen molar-refractivity contribution < 1.29 is 4.79 Å². The third-order valence-corrected chi connectivity index (χ3v) is 2.00. The van der Waals surface area contributed by atoms with Crippen LogP contribution in [-0.4, -0.2) is 13.0 Å². The molecule has 0 aliphatic carbocycles. The summed E-state index contributed by atoms with van der Waals surface area (Å²) in [5.41, 5.74) is 2.47. The fraction of sp³-hybridized carbons (Fsp3) is 0.462. The fourth-order valence-electron chi connectivity index (χ4n) is 1.25. The van der Waals surface area contributed by atoms with Crippen LogP contribution in [0, 0.1) is 6.92 Å². The van der Waals surface area contributed by atoms with Crippen LogP contribution in [0.4, 0.5) is 0 Å². The number of carbonyl (C=O) groups is 1. The summed E-state index contributed by atoms with van der Waals surface area (Å²) < 4.78 is 0. The predicted molar refractivity (Wildman–Crippen MR) is 64.9 cm³/mol. The lowest BCUT2D eigenvalue weighted by Gasteiger charge is -2.01. The van der Waals surface area contributed by atoms with E-state index >= 15 is 0 Å². The van der Waals surface area contributed by atoms with Gasteiger partial charge >= 0.3 is 0 Å². The fourth-order valence-corrected chi connectivity index (χ4v) is 1.25. The van der Waals surface area contributed by atoms with Crippen LogP contribution < -0.4 is 5.32 Å². The molecule has 0 aliphatic heterocycles. The molecule has 1 aromatic rings. The summed E-state index contributed by atoms with van der Waals surface area (Å²) in [6, 6.07) is 8.25. The zero-order valence-corrected chi connectivity index (χ0v) is 10.1. The van der Waals surface area contributed by atoms with E-state index in [4.69, 9.17) is 0 Å². The molecular formula is C13H21NO. The van der Waals surface area contributed by atoms with Crippen molar-refractivity contribution in [2.75, 3.05) is 7.05 Å². The van der Waals surface area contributed by atoms with Crippen LogP contribution in [0.1, 0.15) is 31.4 Å². The molecule has 0 radical (unpaired) electrons. The summed E-state index contributed by atoms with van der Waals surface area (Å²) in [5, 5.41) is 2.61. The van der Waals surface area contributed by atoms with E-state index in [1.807, 2.05) is 19.9 Å². The van der Waals surface area contributed by atoms with E-state index < -0.39 is 0 Å². The predicted octanol–water partition coefficient (Wildman–Crippen LogP) is 2.70. The number of amides is 1. The quantitative estimate of drug-likeness (QED) is 0.811. The molecule has 0 aromatic heterocycles. The summed E-state index contributed by atoms with van der Waals surface area (Å²) in [5.74, 6) is 0.0986. The number of benzene rings is 1.